The van der Waals surface area contributed by atoms with E-state index in [0.717, 1.165) is 5.56 Å². The number of piperidine rings is 1. The molecule has 5 heteroatoms. The molecule has 5 nitrogen and oxygen atoms in total. The zero-order valence-electron chi connectivity index (χ0n) is 10.6. The molecule has 19 heavy (non-hydrogen) atoms. The first-order valence-electron chi connectivity index (χ1n) is 6.43. The van der Waals surface area contributed by atoms with Gasteiger partial charge >= 0.3 is 0 Å². The minimum absolute atomic E-state index is 0.0591. The van der Waals surface area contributed by atoms with E-state index in [-0.39, 0.29) is 30.9 Å². The number of nitrogens with one attached hydrogen (secondary N) is 2. The van der Waals surface area contributed by atoms with Crippen molar-refractivity contribution in [1.29, 1.82) is 0 Å². The van der Waals surface area contributed by atoms with Crippen molar-refractivity contribution in [2.75, 3.05) is 6.61 Å². The number of aliphatic hydroxyl groups excluding tert-OH is 1. The van der Waals surface area contributed by atoms with Gasteiger partial charge in [-0.2, -0.15) is 0 Å². The van der Waals surface area contributed by atoms with Crippen molar-refractivity contribution in [2.24, 2.45) is 0 Å². The summed E-state index contributed by atoms with van der Waals surface area (Å²) in [4.78, 5) is 23.6. The summed E-state index contributed by atoms with van der Waals surface area (Å²) in [6.45, 7) is -0.0591. The minimum atomic E-state index is -0.487. The van der Waals surface area contributed by atoms with Crippen molar-refractivity contribution < 1.29 is 14.7 Å². The Kier molecular flexibility index (Phi) is 4.52. The molecule has 1 aromatic carbocycles. The Morgan fingerprint density at radius 3 is 2.68 bits per heavy atom. The first kappa shape index (κ1) is 13.5. The van der Waals surface area contributed by atoms with Crippen LogP contribution in [0.4, 0.5) is 0 Å². The van der Waals surface area contributed by atoms with E-state index in [4.69, 9.17) is 5.11 Å². The van der Waals surface area contributed by atoms with Crippen LogP contribution in [0.1, 0.15) is 18.4 Å². The summed E-state index contributed by atoms with van der Waals surface area (Å²) < 4.78 is 0. The molecule has 2 amide bonds. The lowest BCUT2D eigenvalue weighted by Gasteiger charge is -2.28. The highest BCUT2D eigenvalue weighted by atomic mass is 16.3. The molecular weight excluding hydrogens is 244 g/mol. The van der Waals surface area contributed by atoms with Crippen molar-refractivity contribution in [2.45, 2.75) is 31.3 Å². The van der Waals surface area contributed by atoms with Gasteiger partial charge in [0.25, 0.3) is 0 Å². The van der Waals surface area contributed by atoms with Crippen molar-refractivity contribution in [3.63, 3.8) is 0 Å². The highest BCUT2D eigenvalue weighted by molar-refractivity contribution is 5.89. The molecule has 0 aliphatic carbocycles. The van der Waals surface area contributed by atoms with Crippen molar-refractivity contribution in [3.8, 4) is 0 Å². The molecule has 1 saturated heterocycles. The standard InChI is InChI=1S/C14H18N2O3/c17-9-11-6-7-12(14(19)15-11)16-13(18)8-10-4-2-1-3-5-10/h1-5,11-12,17H,6-9H2,(H,15,19)(H,16,18)/t11-,12-/m1/s1. The van der Waals surface area contributed by atoms with Gasteiger partial charge in [-0.05, 0) is 18.4 Å². The van der Waals surface area contributed by atoms with E-state index in [1.54, 1.807) is 0 Å². The summed E-state index contributed by atoms with van der Waals surface area (Å²) in [5.74, 6) is -0.375. The summed E-state index contributed by atoms with van der Waals surface area (Å²) in [6, 6.07) is 8.73. The zero-order chi connectivity index (χ0) is 13.7. The number of hydrogen-bond acceptors (Lipinski definition) is 3. The van der Waals surface area contributed by atoms with Crippen LogP contribution in [0.5, 0.6) is 0 Å². The van der Waals surface area contributed by atoms with E-state index in [1.165, 1.54) is 0 Å². The van der Waals surface area contributed by atoms with E-state index < -0.39 is 6.04 Å². The van der Waals surface area contributed by atoms with Gasteiger partial charge < -0.3 is 15.7 Å². The molecule has 1 heterocycles. The van der Waals surface area contributed by atoms with Gasteiger partial charge in [0, 0.05) is 0 Å². The van der Waals surface area contributed by atoms with Crippen LogP contribution in [0, 0.1) is 0 Å². The average Bonchev–Trinajstić information content (AvgIpc) is 2.42. The minimum Gasteiger partial charge on any atom is -0.394 e. The Balaban J connectivity index is 1.84. The summed E-state index contributed by atoms with van der Waals surface area (Å²) in [7, 11) is 0. The molecule has 2 atom stereocenters. The molecule has 1 aliphatic heterocycles. The molecule has 102 valence electrons. The van der Waals surface area contributed by atoms with Gasteiger partial charge in [0.05, 0.1) is 19.1 Å². The Morgan fingerprint density at radius 1 is 1.32 bits per heavy atom. The number of carbonyl (C=O) groups excluding carboxylic acids is 2. The van der Waals surface area contributed by atoms with Crippen molar-refractivity contribution >= 4 is 11.8 Å². The normalized spacial score (nSPS) is 22.7. The first-order chi connectivity index (χ1) is 9.19. The predicted octanol–water partition coefficient (Wildman–Crippen LogP) is -0.0152. The number of hydrogen-bond donors (Lipinski definition) is 3. The Bertz CT molecular complexity index is 447. The van der Waals surface area contributed by atoms with Gasteiger partial charge in [-0.25, -0.2) is 0 Å². The number of aliphatic hydroxyl groups is 1. The monoisotopic (exact) mass is 262 g/mol. The second kappa shape index (κ2) is 6.33. The van der Waals surface area contributed by atoms with Gasteiger partial charge in [-0.15, -0.1) is 0 Å². The summed E-state index contributed by atoms with van der Waals surface area (Å²) in [6.07, 6.45) is 1.52. The van der Waals surface area contributed by atoms with Crippen LogP contribution >= 0.6 is 0 Å². The molecule has 0 spiro atoms. The molecule has 0 radical (unpaired) electrons. The molecule has 1 fully saturated rings. The molecule has 0 unspecified atom stereocenters. The van der Waals surface area contributed by atoms with Crippen LogP contribution in [-0.4, -0.2) is 35.6 Å². The second-order valence-electron chi connectivity index (χ2n) is 4.75. The SMILES string of the molecule is O=C(Cc1ccccc1)N[C@@H]1CC[C@H](CO)NC1=O. The van der Waals surface area contributed by atoms with Crippen LogP contribution in [0.25, 0.3) is 0 Å². The lowest BCUT2D eigenvalue weighted by atomic mass is 10.00. The molecule has 1 aromatic rings. The van der Waals surface area contributed by atoms with E-state index in [0.29, 0.717) is 12.8 Å². The molecule has 2 rings (SSSR count). The molecule has 0 bridgehead atoms. The maximum absolute atomic E-state index is 11.8. The molecule has 1 aliphatic rings. The third-order valence-corrected chi connectivity index (χ3v) is 3.23. The van der Waals surface area contributed by atoms with Gasteiger partial charge in [0.1, 0.15) is 6.04 Å². The van der Waals surface area contributed by atoms with Crippen LogP contribution in [0.2, 0.25) is 0 Å². The van der Waals surface area contributed by atoms with Gasteiger partial charge in [0.2, 0.25) is 11.8 Å². The average molecular weight is 262 g/mol. The third kappa shape index (κ3) is 3.79. The van der Waals surface area contributed by atoms with Crippen LogP contribution < -0.4 is 10.6 Å². The highest BCUT2D eigenvalue weighted by Gasteiger charge is 2.28. The Morgan fingerprint density at radius 2 is 2.05 bits per heavy atom. The van der Waals surface area contributed by atoms with E-state index in [9.17, 15) is 9.59 Å². The maximum atomic E-state index is 11.8. The fraction of sp³-hybridized carbons (Fsp3) is 0.429. The number of rotatable bonds is 4. The first-order valence-corrected chi connectivity index (χ1v) is 6.43. The number of amides is 2. The molecule has 3 N–H and O–H groups in total. The van der Waals surface area contributed by atoms with Gasteiger partial charge in [-0.3, -0.25) is 9.59 Å². The Hall–Kier alpha value is -1.88. The van der Waals surface area contributed by atoms with E-state index in [2.05, 4.69) is 10.6 Å². The summed E-state index contributed by atoms with van der Waals surface area (Å²) in [5.41, 5.74) is 0.921. The van der Waals surface area contributed by atoms with Crippen LogP contribution in [0.15, 0.2) is 30.3 Å². The fourth-order valence-electron chi connectivity index (χ4n) is 2.17. The lowest BCUT2D eigenvalue weighted by Crippen LogP contribution is -2.55. The van der Waals surface area contributed by atoms with Crippen LogP contribution in [0.3, 0.4) is 0 Å². The maximum Gasteiger partial charge on any atom is 0.242 e. The largest absolute Gasteiger partial charge is 0.394 e. The van der Waals surface area contributed by atoms with Gasteiger partial charge in [-0.1, -0.05) is 30.3 Å². The lowest BCUT2D eigenvalue weighted by molar-refractivity contribution is -0.131. The smallest absolute Gasteiger partial charge is 0.242 e. The molecule has 0 aromatic heterocycles. The topological polar surface area (TPSA) is 78.4 Å². The molecular formula is C14H18N2O3. The van der Waals surface area contributed by atoms with Crippen molar-refractivity contribution in [1.82, 2.24) is 10.6 Å². The summed E-state index contributed by atoms with van der Waals surface area (Å²) in [5, 5.41) is 14.4. The van der Waals surface area contributed by atoms with E-state index >= 15 is 0 Å². The number of carbonyl (C=O) groups is 2. The fourth-order valence-corrected chi connectivity index (χ4v) is 2.17. The van der Waals surface area contributed by atoms with Gasteiger partial charge in [0.15, 0.2) is 0 Å². The third-order valence-electron chi connectivity index (χ3n) is 3.23. The zero-order valence-corrected chi connectivity index (χ0v) is 10.6. The number of benzene rings is 1. The quantitative estimate of drug-likeness (QED) is 0.714. The Labute approximate surface area is 112 Å². The summed E-state index contributed by atoms with van der Waals surface area (Å²) >= 11 is 0. The van der Waals surface area contributed by atoms with Crippen LogP contribution in [-0.2, 0) is 16.0 Å². The highest BCUT2D eigenvalue weighted by Crippen LogP contribution is 2.09. The molecule has 0 saturated carbocycles. The second-order valence-corrected chi connectivity index (χ2v) is 4.75. The van der Waals surface area contributed by atoms with Crippen molar-refractivity contribution in [3.05, 3.63) is 35.9 Å². The predicted molar refractivity (Wildman–Crippen MR) is 70.3 cm³/mol. The van der Waals surface area contributed by atoms with E-state index in [1.807, 2.05) is 30.3 Å².